The molecule has 6 heteroatoms. The van der Waals surface area contributed by atoms with Crippen molar-refractivity contribution in [1.29, 1.82) is 0 Å². The Kier molecular flexibility index (Phi) is 14.8. The Labute approximate surface area is 117 Å². The average molecular weight is 273 g/mol. The van der Waals surface area contributed by atoms with E-state index in [1.807, 2.05) is 6.92 Å². The van der Waals surface area contributed by atoms with Crippen LogP contribution in [0.25, 0.3) is 0 Å². The van der Waals surface area contributed by atoms with Crippen LogP contribution in [0, 0.1) is 0 Å². The molecule has 0 unspecified atom stereocenters. The first-order chi connectivity index (χ1) is 9.31. The van der Waals surface area contributed by atoms with E-state index < -0.39 is 0 Å². The lowest BCUT2D eigenvalue weighted by Crippen LogP contribution is -2.35. The van der Waals surface area contributed by atoms with E-state index in [0.29, 0.717) is 19.5 Å². The maximum Gasteiger partial charge on any atom is 0.220 e. The Hall–Kier alpha value is -0.690. The van der Waals surface area contributed by atoms with E-state index in [9.17, 15) is 4.79 Å². The number of nitrogens with two attached hydrogens (primary N) is 1. The van der Waals surface area contributed by atoms with Gasteiger partial charge >= 0.3 is 0 Å². The molecule has 0 aliphatic rings. The molecule has 0 aromatic carbocycles. The highest BCUT2D eigenvalue weighted by atomic mass is 16.1. The van der Waals surface area contributed by atoms with E-state index in [1.54, 1.807) is 0 Å². The van der Waals surface area contributed by atoms with Crippen LogP contribution in [0.3, 0.4) is 0 Å². The van der Waals surface area contributed by atoms with Gasteiger partial charge in [-0.3, -0.25) is 4.79 Å². The zero-order valence-electron chi connectivity index (χ0n) is 12.3. The van der Waals surface area contributed by atoms with E-state index in [-0.39, 0.29) is 5.91 Å². The van der Waals surface area contributed by atoms with Crippen LogP contribution in [0.1, 0.15) is 26.2 Å². The van der Waals surface area contributed by atoms with Gasteiger partial charge in [-0.05, 0) is 25.9 Å². The van der Waals surface area contributed by atoms with Crippen LogP contribution >= 0.6 is 0 Å². The molecule has 6 nitrogen and oxygen atoms in total. The van der Waals surface area contributed by atoms with E-state index in [2.05, 4.69) is 21.3 Å². The molecule has 0 aromatic heterocycles. The topological polar surface area (TPSA) is 91.2 Å². The molecule has 0 radical (unpaired) electrons. The van der Waals surface area contributed by atoms with Crippen molar-refractivity contribution in [1.82, 2.24) is 21.3 Å². The number of carbonyl (C=O) groups excluding carboxylic acids is 1. The van der Waals surface area contributed by atoms with Gasteiger partial charge in [-0.2, -0.15) is 0 Å². The zero-order valence-corrected chi connectivity index (χ0v) is 12.3. The molecule has 0 fully saturated rings. The first kappa shape index (κ1) is 18.3. The van der Waals surface area contributed by atoms with Crippen molar-refractivity contribution in [2.75, 3.05) is 52.4 Å². The van der Waals surface area contributed by atoms with Gasteiger partial charge in [-0.1, -0.05) is 6.92 Å². The maximum absolute atomic E-state index is 11.2. The second-order valence-electron chi connectivity index (χ2n) is 4.49. The smallest absolute Gasteiger partial charge is 0.220 e. The molecule has 0 heterocycles. The van der Waals surface area contributed by atoms with E-state index in [1.165, 1.54) is 0 Å². The van der Waals surface area contributed by atoms with Crippen molar-refractivity contribution >= 4 is 5.91 Å². The zero-order chi connectivity index (χ0) is 14.2. The summed E-state index contributed by atoms with van der Waals surface area (Å²) in [6, 6.07) is 0. The van der Waals surface area contributed by atoms with Crippen molar-refractivity contribution in [2.24, 2.45) is 5.73 Å². The van der Waals surface area contributed by atoms with Crippen molar-refractivity contribution in [3.8, 4) is 0 Å². The fraction of sp³-hybridized carbons (Fsp3) is 0.923. The minimum atomic E-state index is 0.146. The molecular weight excluding hydrogens is 242 g/mol. The summed E-state index contributed by atoms with van der Waals surface area (Å²) in [5, 5.41) is 12.8. The average Bonchev–Trinajstić information content (AvgIpc) is 2.40. The summed E-state index contributed by atoms with van der Waals surface area (Å²) in [7, 11) is 0. The molecule has 114 valence electrons. The third-order valence-electron chi connectivity index (χ3n) is 2.61. The molecule has 19 heavy (non-hydrogen) atoms. The molecule has 0 aliphatic carbocycles. The first-order valence-corrected chi connectivity index (χ1v) is 7.40. The van der Waals surface area contributed by atoms with Gasteiger partial charge in [0.15, 0.2) is 0 Å². The summed E-state index contributed by atoms with van der Waals surface area (Å²) < 4.78 is 0. The van der Waals surface area contributed by atoms with Crippen LogP contribution in [0.2, 0.25) is 0 Å². The van der Waals surface area contributed by atoms with Gasteiger partial charge in [0.25, 0.3) is 0 Å². The predicted molar refractivity (Wildman–Crippen MR) is 80.2 cm³/mol. The van der Waals surface area contributed by atoms with E-state index in [4.69, 9.17) is 5.73 Å². The molecule has 0 aliphatic heterocycles. The van der Waals surface area contributed by atoms with Crippen LogP contribution in [-0.2, 0) is 4.79 Å². The quantitative estimate of drug-likeness (QED) is 0.262. The summed E-state index contributed by atoms with van der Waals surface area (Å²) in [6.07, 6.45) is 2.65. The molecule has 1 amide bonds. The van der Waals surface area contributed by atoms with Crippen molar-refractivity contribution < 1.29 is 4.79 Å². The molecule has 0 saturated heterocycles. The predicted octanol–water partition coefficient (Wildman–Crippen LogP) is -0.980. The Balaban J connectivity index is 3.01. The molecule has 0 saturated carbocycles. The second kappa shape index (κ2) is 15.4. The van der Waals surface area contributed by atoms with Gasteiger partial charge in [-0.15, -0.1) is 0 Å². The molecule has 0 bridgehead atoms. The largest absolute Gasteiger partial charge is 0.355 e. The van der Waals surface area contributed by atoms with Crippen molar-refractivity contribution in [3.05, 3.63) is 0 Å². The highest BCUT2D eigenvalue weighted by Gasteiger charge is 1.96. The Morgan fingerprint density at radius 2 is 1.47 bits per heavy atom. The Bertz CT molecular complexity index is 201. The fourth-order valence-corrected chi connectivity index (χ4v) is 1.60. The summed E-state index contributed by atoms with van der Waals surface area (Å²) in [6.45, 7) is 9.07. The fourth-order valence-electron chi connectivity index (χ4n) is 1.60. The summed E-state index contributed by atoms with van der Waals surface area (Å²) in [5.74, 6) is 0.146. The Morgan fingerprint density at radius 3 is 2.11 bits per heavy atom. The number of rotatable bonds is 14. The van der Waals surface area contributed by atoms with Crippen molar-refractivity contribution in [2.45, 2.75) is 26.2 Å². The minimum absolute atomic E-state index is 0.146. The molecule has 0 rings (SSSR count). The van der Waals surface area contributed by atoms with Crippen LogP contribution in [0.4, 0.5) is 0 Å². The van der Waals surface area contributed by atoms with Crippen molar-refractivity contribution in [3.63, 3.8) is 0 Å². The number of carbonyl (C=O) groups is 1. The summed E-state index contributed by atoms with van der Waals surface area (Å²) in [5.41, 5.74) is 5.37. The highest BCUT2D eigenvalue weighted by Crippen LogP contribution is 1.83. The van der Waals surface area contributed by atoms with Gasteiger partial charge < -0.3 is 27.0 Å². The van der Waals surface area contributed by atoms with Crippen LogP contribution in [0.5, 0.6) is 0 Å². The lowest BCUT2D eigenvalue weighted by Gasteiger charge is -2.08. The van der Waals surface area contributed by atoms with Gasteiger partial charge in [0.1, 0.15) is 0 Å². The number of nitrogens with one attached hydrogen (secondary N) is 4. The monoisotopic (exact) mass is 273 g/mol. The summed E-state index contributed by atoms with van der Waals surface area (Å²) >= 11 is 0. The highest BCUT2D eigenvalue weighted by molar-refractivity contribution is 5.75. The lowest BCUT2D eigenvalue weighted by molar-refractivity contribution is -0.121. The normalized spacial score (nSPS) is 10.6. The SMILES string of the molecule is CCCC(=O)NCCNCCNCCCNCCN. The first-order valence-electron chi connectivity index (χ1n) is 7.40. The standard InChI is InChI=1S/C13H31N5O/c1-2-4-13(19)18-12-11-17-10-9-16-7-3-6-15-8-5-14/h15-17H,2-12,14H2,1H3,(H,18,19). The molecule has 6 N–H and O–H groups in total. The molecule has 0 aromatic rings. The third-order valence-corrected chi connectivity index (χ3v) is 2.61. The molecule has 0 spiro atoms. The minimum Gasteiger partial charge on any atom is -0.355 e. The number of hydrogen-bond donors (Lipinski definition) is 5. The summed E-state index contributed by atoms with van der Waals surface area (Å²) in [4.78, 5) is 11.2. The Morgan fingerprint density at radius 1 is 0.895 bits per heavy atom. The molecular formula is C13H31N5O. The van der Waals surface area contributed by atoms with E-state index in [0.717, 1.165) is 52.1 Å². The second-order valence-corrected chi connectivity index (χ2v) is 4.49. The number of hydrogen-bond acceptors (Lipinski definition) is 5. The van der Waals surface area contributed by atoms with Gasteiger partial charge in [0.05, 0.1) is 0 Å². The van der Waals surface area contributed by atoms with Gasteiger partial charge in [-0.25, -0.2) is 0 Å². The van der Waals surface area contributed by atoms with Gasteiger partial charge in [0.2, 0.25) is 5.91 Å². The van der Waals surface area contributed by atoms with Crippen LogP contribution in [-0.4, -0.2) is 58.3 Å². The number of amides is 1. The molecule has 0 atom stereocenters. The van der Waals surface area contributed by atoms with Crippen LogP contribution in [0.15, 0.2) is 0 Å². The van der Waals surface area contributed by atoms with Crippen LogP contribution < -0.4 is 27.0 Å². The maximum atomic E-state index is 11.2. The lowest BCUT2D eigenvalue weighted by atomic mass is 10.3. The third kappa shape index (κ3) is 15.3. The van der Waals surface area contributed by atoms with E-state index >= 15 is 0 Å². The van der Waals surface area contributed by atoms with Gasteiger partial charge in [0, 0.05) is 45.7 Å².